The lowest BCUT2D eigenvalue weighted by atomic mass is 18.9. The lowest BCUT2D eigenvalue weighted by Gasteiger charge is -1.84. The Bertz CT molecular complexity index is 53.8. The van der Waals surface area contributed by atoms with Gasteiger partial charge in [0.1, 0.15) is 0 Å². The van der Waals surface area contributed by atoms with E-state index in [1.807, 2.05) is 8.93 Å². The van der Waals surface area contributed by atoms with E-state index in [0.29, 0.717) is 0 Å². The molecule has 0 aliphatic carbocycles. The molecule has 0 aromatic heterocycles. The van der Waals surface area contributed by atoms with Crippen molar-refractivity contribution in [1.82, 2.24) is 0 Å². The van der Waals surface area contributed by atoms with E-state index in [-0.39, 0.29) is 0 Å². The monoisotopic (exact) mass is 148 g/mol. The van der Waals surface area contributed by atoms with Crippen LogP contribution in [0.2, 0.25) is 0 Å². The summed E-state index contributed by atoms with van der Waals surface area (Å²) < 4.78 is 11.4. The van der Waals surface area contributed by atoms with Crippen LogP contribution >= 0.6 is 26.4 Å². The fraction of sp³-hybridized carbons (Fsp3) is 0. The first kappa shape index (κ1) is 6.36. The Morgan fingerprint density at radius 1 is 2.00 bits per heavy atom. The van der Waals surface area contributed by atoms with Gasteiger partial charge >= 0.3 is 0 Å². The average molecular weight is 148 g/mol. The summed E-state index contributed by atoms with van der Waals surface area (Å²) in [5.74, 6) is 0. The van der Waals surface area contributed by atoms with Crippen molar-refractivity contribution in [2.45, 2.75) is 0 Å². The molecule has 0 fully saturated rings. The lowest BCUT2D eigenvalue weighted by Crippen LogP contribution is -1.20. The van der Waals surface area contributed by atoms with Crippen LogP contribution in [0.3, 0.4) is 0 Å². The predicted molar refractivity (Wildman–Crippen MR) is 34.1 cm³/mol. The molecule has 32 valence electrons. The molecule has 0 aromatic rings. The summed E-state index contributed by atoms with van der Waals surface area (Å²) in [5.41, 5.74) is 0. The van der Waals surface area contributed by atoms with Crippen molar-refractivity contribution in [2.24, 2.45) is 0 Å². The van der Waals surface area contributed by atoms with Crippen molar-refractivity contribution in [3.63, 3.8) is 0 Å². The average Bonchev–Trinajstić information content (AvgIpc) is 0.722. The SMILES string of the molecule is FP(P)(=S)S. The third kappa shape index (κ3) is 32.7. The first-order valence-electron chi connectivity index (χ1n) is 0.810. The van der Waals surface area contributed by atoms with Gasteiger partial charge in [0.15, 0.2) is 5.24 Å². The van der Waals surface area contributed by atoms with Crippen molar-refractivity contribution in [3.05, 3.63) is 0 Å². The minimum absolute atomic E-state index is 1.84. The van der Waals surface area contributed by atoms with Crippen LogP contribution in [0.5, 0.6) is 0 Å². The van der Waals surface area contributed by atoms with E-state index in [0.717, 1.165) is 0 Å². The summed E-state index contributed by atoms with van der Waals surface area (Å²) in [4.78, 5) is 0. The van der Waals surface area contributed by atoms with Gasteiger partial charge in [-0.15, -0.1) is 12.2 Å². The van der Waals surface area contributed by atoms with Crippen LogP contribution in [-0.4, -0.2) is 0 Å². The lowest BCUT2D eigenvalue weighted by molar-refractivity contribution is 0.929. The highest BCUT2D eigenvalue weighted by Crippen LogP contribution is 2.60. The molecule has 2 unspecified atom stereocenters. The molecule has 0 radical (unpaired) electrons. The molecule has 0 rings (SSSR count). The molecule has 0 saturated heterocycles. The van der Waals surface area contributed by atoms with E-state index >= 15 is 0 Å². The minimum atomic E-state index is -2.69. The summed E-state index contributed by atoms with van der Waals surface area (Å²) >= 11 is 7.44. The number of rotatable bonds is 0. The maximum absolute atomic E-state index is 11.4. The fourth-order valence-corrected chi connectivity index (χ4v) is 0. The number of halogens is 1. The van der Waals surface area contributed by atoms with Crippen LogP contribution in [0, 0.1) is 0 Å². The van der Waals surface area contributed by atoms with Crippen LogP contribution in [-0.2, 0) is 11.8 Å². The van der Waals surface area contributed by atoms with Crippen LogP contribution in [0.25, 0.3) is 0 Å². The Hall–Kier alpha value is 1.36. The Labute approximate surface area is 42.9 Å². The quantitative estimate of drug-likeness (QED) is 0.405. The predicted octanol–water partition coefficient (Wildman–Crippen LogP) is 1.99. The molecule has 0 spiro atoms. The zero-order valence-electron chi connectivity index (χ0n) is 2.26. The van der Waals surface area contributed by atoms with Gasteiger partial charge < -0.3 is 0 Å². The minimum Gasteiger partial charge on any atom is -0.202 e. The van der Waals surface area contributed by atoms with Crippen LogP contribution < -0.4 is 0 Å². The van der Waals surface area contributed by atoms with Crippen molar-refractivity contribution < 1.29 is 4.20 Å². The van der Waals surface area contributed by atoms with E-state index in [1.54, 1.807) is 0 Å². The van der Waals surface area contributed by atoms with Gasteiger partial charge in [-0.2, -0.15) is 0 Å². The molecule has 0 saturated carbocycles. The summed E-state index contributed by atoms with van der Waals surface area (Å²) in [7, 11) is 1.84. The summed E-state index contributed by atoms with van der Waals surface area (Å²) in [6.45, 7) is 0. The molecule has 0 nitrogen and oxygen atoms in total. The van der Waals surface area contributed by atoms with Gasteiger partial charge in [0.05, 0.1) is 0 Å². The van der Waals surface area contributed by atoms with Gasteiger partial charge in [-0.1, -0.05) is 8.93 Å². The molecule has 0 N–H and O–H groups in total. The smallest absolute Gasteiger partial charge is 0.177 e. The molecule has 5 heavy (non-hydrogen) atoms. The molecule has 0 aliphatic rings. The van der Waals surface area contributed by atoms with Crippen molar-refractivity contribution in [1.29, 1.82) is 0 Å². The van der Waals surface area contributed by atoms with Crippen molar-refractivity contribution >= 4 is 38.2 Å². The standard InChI is InChI=1S/FH3P2S2/c1-3(2,4)5/h2H2,(H,4,5). The normalized spacial score (nSPS) is 21.4. The molecular weight excluding hydrogens is 145 g/mol. The van der Waals surface area contributed by atoms with E-state index in [1.165, 1.54) is 0 Å². The zero-order chi connectivity index (χ0) is 4.50. The molecule has 2 atom stereocenters. The second-order valence-corrected chi connectivity index (χ2v) is 10.3. The zero-order valence-corrected chi connectivity index (χ0v) is 6.02. The molecule has 0 aliphatic heterocycles. The first-order chi connectivity index (χ1) is 2.00. The molecule has 0 amide bonds. The highest BCUT2D eigenvalue weighted by molar-refractivity contribution is 8.78. The summed E-state index contributed by atoms with van der Waals surface area (Å²) in [5, 5.41) is -2.69. The van der Waals surface area contributed by atoms with Gasteiger partial charge in [0.25, 0.3) is 0 Å². The summed E-state index contributed by atoms with van der Waals surface area (Å²) in [6, 6.07) is 0. The van der Waals surface area contributed by atoms with Gasteiger partial charge in [-0.05, 0) is 11.8 Å². The molecule has 5 heteroatoms. The maximum Gasteiger partial charge on any atom is 0.177 e. The number of hydrogen-bond donors (Lipinski definition) is 1. The van der Waals surface area contributed by atoms with Gasteiger partial charge in [0.2, 0.25) is 0 Å². The molecule has 0 heterocycles. The van der Waals surface area contributed by atoms with Crippen LogP contribution in [0.4, 0.5) is 4.20 Å². The Kier molecular flexibility index (Phi) is 2.39. The second kappa shape index (κ2) is 1.88. The van der Waals surface area contributed by atoms with Gasteiger partial charge in [-0.25, -0.2) is 4.20 Å². The molecular formula is H3FP2S2. The number of thiol groups is 1. The maximum atomic E-state index is 11.4. The Morgan fingerprint density at radius 2 is 2.00 bits per heavy atom. The molecule has 0 bridgehead atoms. The fourth-order valence-electron chi connectivity index (χ4n) is 0. The van der Waals surface area contributed by atoms with E-state index in [2.05, 4.69) is 24.1 Å². The van der Waals surface area contributed by atoms with E-state index in [9.17, 15) is 4.20 Å². The number of hydrogen-bond acceptors (Lipinski definition) is 1. The summed E-state index contributed by atoms with van der Waals surface area (Å²) in [6.07, 6.45) is 0. The third-order valence-corrected chi connectivity index (χ3v) is 0. The second-order valence-electron chi connectivity index (χ2n) is 0.545. The third-order valence-electron chi connectivity index (χ3n) is 0. The van der Waals surface area contributed by atoms with Gasteiger partial charge in [0, 0.05) is 0 Å². The van der Waals surface area contributed by atoms with Crippen LogP contribution in [0.15, 0.2) is 0 Å². The van der Waals surface area contributed by atoms with E-state index < -0.39 is 5.24 Å². The van der Waals surface area contributed by atoms with E-state index in [4.69, 9.17) is 0 Å². The topological polar surface area (TPSA) is 0 Å². The Balaban J connectivity index is 3.47. The van der Waals surface area contributed by atoms with Crippen molar-refractivity contribution in [3.8, 4) is 0 Å². The highest BCUT2D eigenvalue weighted by Gasteiger charge is 1.91. The van der Waals surface area contributed by atoms with Crippen LogP contribution in [0.1, 0.15) is 0 Å². The largest absolute Gasteiger partial charge is 0.202 e. The van der Waals surface area contributed by atoms with Crippen molar-refractivity contribution in [2.75, 3.05) is 0 Å². The highest BCUT2D eigenvalue weighted by atomic mass is 33.1. The van der Waals surface area contributed by atoms with Gasteiger partial charge in [-0.3, -0.25) is 0 Å². The first-order valence-corrected chi connectivity index (χ1v) is 6.27. The molecule has 0 aromatic carbocycles. The Morgan fingerprint density at radius 3 is 2.00 bits per heavy atom.